The molecule has 1 nitrogen and oxygen atoms in total. The zero-order valence-electron chi connectivity index (χ0n) is 10.7. The average Bonchev–Trinajstić information content (AvgIpc) is 3.10. The lowest BCUT2D eigenvalue weighted by molar-refractivity contribution is 0.898. The molecule has 0 radical (unpaired) electrons. The molecule has 0 aliphatic carbocycles. The predicted octanol–water partition coefficient (Wildman–Crippen LogP) is 4.88. The second kappa shape index (κ2) is 5.35. The number of nitrogens with zero attached hydrogens (tertiary/aromatic N) is 1. The first-order valence-electron chi connectivity index (χ1n) is 6.23. The van der Waals surface area contributed by atoms with Crippen molar-refractivity contribution in [3.63, 3.8) is 0 Å². The van der Waals surface area contributed by atoms with Crippen molar-refractivity contribution in [1.82, 2.24) is 4.98 Å². The van der Waals surface area contributed by atoms with Gasteiger partial charge in [-0.1, -0.05) is 36.9 Å². The van der Waals surface area contributed by atoms with Gasteiger partial charge in [-0.25, -0.2) is 4.98 Å². The molecule has 1 aromatic heterocycles. The number of benzene rings is 1. The van der Waals surface area contributed by atoms with Crippen LogP contribution in [0.2, 0.25) is 0 Å². The van der Waals surface area contributed by atoms with Crippen LogP contribution in [0, 0.1) is 6.92 Å². The van der Waals surface area contributed by atoms with Crippen LogP contribution in [0.3, 0.4) is 0 Å². The molecule has 0 bridgehead atoms. The third-order valence-corrected chi connectivity index (χ3v) is 5.47. The van der Waals surface area contributed by atoms with Gasteiger partial charge in [0.1, 0.15) is 5.01 Å². The lowest BCUT2D eigenvalue weighted by atomic mass is 9.89. The van der Waals surface area contributed by atoms with E-state index in [4.69, 9.17) is 0 Å². The molecule has 0 N–H and O–H groups in total. The SMILES string of the molecule is C=C(c1nccs1)C1SC=CC1c1ccccc1C. The van der Waals surface area contributed by atoms with Gasteiger partial charge < -0.3 is 0 Å². The minimum Gasteiger partial charge on any atom is -0.245 e. The van der Waals surface area contributed by atoms with Gasteiger partial charge in [0.05, 0.1) is 0 Å². The molecule has 3 rings (SSSR count). The van der Waals surface area contributed by atoms with E-state index in [0.29, 0.717) is 11.2 Å². The lowest BCUT2D eigenvalue weighted by Gasteiger charge is -2.21. The zero-order chi connectivity index (χ0) is 13.2. The smallest absolute Gasteiger partial charge is 0.119 e. The molecule has 0 spiro atoms. The molecular formula is C16H15NS2. The largest absolute Gasteiger partial charge is 0.245 e. The summed E-state index contributed by atoms with van der Waals surface area (Å²) in [5, 5.41) is 5.63. The van der Waals surface area contributed by atoms with Crippen LogP contribution in [0.25, 0.3) is 5.57 Å². The minimum absolute atomic E-state index is 0.368. The number of aromatic nitrogens is 1. The highest BCUT2D eigenvalue weighted by molar-refractivity contribution is 8.03. The first kappa shape index (κ1) is 12.7. The number of rotatable bonds is 3. The number of thioether (sulfide) groups is 1. The van der Waals surface area contributed by atoms with Crippen molar-refractivity contribution in [2.75, 3.05) is 0 Å². The summed E-state index contributed by atoms with van der Waals surface area (Å²) in [5.74, 6) is 0.405. The van der Waals surface area contributed by atoms with Crippen molar-refractivity contribution in [2.45, 2.75) is 18.1 Å². The Labute approximate surface area is 122 Å². The van der Waals surface area contributed by atoms with Gasteiger partial charge in [0.15, 0.2) is 0 Å². The van der Waals surface area contributed by atoms with Gasteiger partial charge in [-0.05, 0) is 29.0 Å². The molecule has 96 valence electrons. The van der Waals surface area contributed by atoms with Crippen LogP contribution in [0.5, 0.6) is 0 Å². The summed E-state index contributed by atoms with van der Waals surface area (Å²) in [7, 11) is 0. The summed E-state index contributed by atoms with van der Waals surface area (Å²) in [5.41, 5.74) is 3.88. The molecule has 1 aromatic carbocycles. The topological polar surface area (TPSA) is 12.9 Å². The van der Waals surface area contributed by atoms with Crippen LogP contribution < -0.4 is 0 Å². The standard InChI is InChI=1S/C16H15NS2/c1-11-5-3-4-6-13(11)14-7-9-18-15(14)12(2)16-17-8-10-19-16/h3-10,14-15H,2H2,1H3. The number of allylic oxidation sites excluding steroid dienone is 1. The maximum atomic E-state index is 4.39. The Hall–Kier alpha value is -1.32. The maximum absolute atomic E-state index is 4.39. The van der Waals surface area contributed by atoms with E-state index in [1.54, 1.807) is 11.3 Å². The first-order valence-corrected chi connectivity index (χ1v) is 8.06. The van der Waals surface area contributed by atoms with E-state index in [-0.39, 0.29) is 0 Å². The summed E-state index contributed by atoms with van der Waals surface area (Å²) in [6.45, 7) is 6.45. The van der Waals surface area contributed by atoms with Gasteiger partial charge in [0.2, 0.25) is 0 Å². The summed E-state index contributed by atoms with van der Waals surface area (Å²) >= 11 is 3.51. The molecule has 2 aromatic rings. The summed E-state index contributed by atoms with van der Waals surface area (Å²) in [6.07, 6.45) is 4.14. The predicted molar refractivity (Wildman–Crippen MR) is 85.6 cm³/mol. The molecule has 0 amide bonds. The maximum Gasteiger partial charge on any atom is 0.119 e. The van der Waals surface area contributed by atoms with Crippen molar-refractivity contribution in [2.24, 2.45) is 0 Å². The van der Waals surface area contributed by atoms with Crippen molar-refractivity contribution in [3.05, 3.63) is 70.0 Å². The van der Waals surface area contributed by atoms with Gasteiger partial charge >= 0.3 is 0 Å². The number of thiazole rings is 1. The molecule has 0 saturated carbocycles. The molecule has 19 heavy (non-hydrogen) atoms. The first-order chi connectivity index (χ1) is 9.27. The van der Waals surface area contributed by atoms with Crippen molar-refractivity contribution < 1.29 is 0 Å². The Kier molecular flexibility index (Phi) is 3.58. The highest BCUT2D eigenvalue weighted by Gasteiger charge is 2.29. The molecule has 2 unspecified atom stereocenters. The Balaban J connectivity index is 1.92. The fourth-order valence-corrected chi connectivity index (χ4v) is 4.27. The Morgan fingerprint density at radius 3 is 2.89 bits per heavy atom. The van der Waals surface area contributed by atoms with E-state index in [1.165, 1.54) is 11.1 Å². The van der Waals surface area contributed by atoms with Gasteiger partial charge in [0, 0.05) is 22.7 Å². The molecule has 0 fully saturated rings. The molecule has 0 saturated heterocycles. The fourth-order valence-electron chi connectivity index (χ4n) is 2.43. The Morgan fingerprint density at radius 2 is 2.16 bits per heavy atom. The summed E-state index contributed by atoms with van der Waals surface area (Å²) in [4.78, 5) is 4.39. The number of hydrogen-bond acceptors (Lipinski definition) is 3. The third kappa shape index (κ3) is 2.40. The third-order valence-electron chi connectivity index (χ3n) is 3.44. The quantitative estimate of drug-likeness (QED) is 0.797. The molecule has 2 heterocycles. The average molecular weight is 285 g/mol. The second-order valence-electron chi connectivity index (χ2n) is 4.63. The lowest BCUT2D eigenvalue weighted by Crippen LogP contribution is -2.12. The van der Waals surface area contributed by atoms with Crippen LogP contribution in [-0.4, -0.2) is 10.2 Å². The van der Waals surface area contributed by atoms with E-state index in [9.17, 15) is 0 Å². The zero-order valence-corrected chi connectivity index (χ0v) is 12.4. The van der Waals surface area contributed by atoms with E-state index >= 15 is 0 Å². The van der Waals surface area contributed by atoms with E-state index in [0.717, 1.165) is 10.6 Å². The van der Waals surface area contributed by atoms with E-state index in [2.05, 4.69) is 54.2 Å². The molecule has 1 aliphatic heterocycles. The second-order valence-corrected chi connectivity index (χ2v) is 6.58. The van der Waals surface area contributed by atoms with Gasteiger partial charge in [-0.15, -0.1) is 23.1 Å². The van der Waals surface area contributed by atoms with Crippen molar-refractivity contribution in [3.8, 4) is 0 Å². The van der Waals surface area contributed by atoms with Crippen molar-refractivity contribution in [1.29, 1.82) is 0 Å². The highest BCUT2D eigenvalue weighted by Crippen LogP contribution is 2.44. The normalized spacial score (nSPS) is 21.7. The van der Waals surface area contributed by atoms with Gasteiger partial charge in [-0.2, -0.15) is 0 Å². The van der Waals surface area contributed by atoms with Crippen LogP contribution in [0.15, 0.2) is 53.9 Å². The molecular weight excluding hydrogens is 270 g/mol. The number of hydrogen-bond donors (Lipinski definition) is 0. The minimum atomic E-state index is 0.368. The van der Waals surface area contributed by atoms with Crippen LogP contribution in [0.4, 0.5) is 0 Å². The molecule has 1 aliphatic rings. The monoisotopic (exact) mass is 285 g/mol. The molecule has 2 atom stereocenters. The van der Waals surface area contributed by atoms with E-state index < -0.39 is 0 Å². The van der Waals surface area contributed by atoms with Gasteiger partial charge in [-0.3, -0.25) is 0 Å². The summed E-state index contributed by atoms with van der Waals surface area (Å²) in [6, 6.07) is 8.60. The Morgan fingerprint density at radius 1 is 1.32 bits per heavy atom. The fraction of sp³-hybridized carbons (Fsp3) is 0.188. The van der Waals surface area contributed by atoms with Crippen LogP contribution in [0.1, 0.15) is 22.1 Å². The van der Waals surface area contributed by atoms with Crippen LogP contribution in [-0.2, 0) is 0 Å². The van der Waals surface area contributed by atoms with Crippen molar-refractivity contribution >= 4 is 28.7 Å². The highest BCUT2D eigenvalue weighted by atomic mass is 32.2. The Bertz CT molecular complexity index is 613. The van der Waals surface area contributed by atoms with Gasteiger partial charge in [0.25, 0.3) is 0 Å². The van der Waals surface area contributed by atoms with E-state index in [1.807, 2.05) is 23.3 Å². The molecule has 3 heteroatoms. The number of aryl methyl sites for hydroxylation is 1. The summed E-state index contributed by atoms with van der Waals surface area (Å²) < 4.78 is 0. The van der Waals surface area contributed by atoms with Crippen LogP contribution >= 0.6 is 23.1 Å².